The second-order valence-corrected chi connectivity index (χ2v) is 11.4. The Balaban J connectivity index is 1.29. The molecule has 2 saturated carbocycles. The van der Waals surface area contributed by atoms with Crippen molar-refractivity contribution in [3.05, 3.63) is 17.5 Å². The number of aromatic nitrogens is 2. The third-order valence-electron chi connectivity index (χ3n) is 8.84. The molecule has 198 valence electrons. The predicted molar refractivity (Wildman–Crippen MR) is 137 cm³/mol. The van der Waals surface area contributed by atoms with Gasteiger partial charge in [-0.1, -0.05) is 39.0 Å². The van der Waals surface area contributed by atoms with Crippen LogP contribution >= 0.6 is 0 Å². The standard InChI is InChI=1S/C27H42N6O3/c1-3-13-32-25(35)23-18-22(24(34)31-16-14-30(15-17-31)21-11-5-4-6-12-21)29-33(23)19-27(32,2)26(36)28-20-9-7-8-10-20/h18,20-21H,3-17,19H2,1-2H3,(H,28,36)/t27-/m0/s1. The summed E-state index contributed by atoms with van der Waals surface area (Å²) in [5.41, 5.74) is -0.319. The maximum Gasteiger partial charge on any atom is 0.274 e. The van der Waals surface area contributed by atoms with Crippen LogP contribution in [-0.2, 0) is 11.3 Å². The maximum atomic E-state index is 13.5. The molecule has 1 aromatic rings. The van der Waals surface area contributed by atoms with E-state index in [0.717, 1.165) is 45.2 Å². The minimum Gasteiger partial charge on any atom is -0.351 e. The summed E-state index contributed by atoms with van der Waals surface area (Å²) in [7, 11) is 0. The average Bonchev–Trinajstić information content (AvgIpc) is 3.57. The van der Waals surface area contributed by atoms with Crippen LogP contribution in [0.3, 0.4) is 0 Å². The van der Waals surface area contributed by atoms with Crippen molar-refractivity contribution in [3.8, 4) is 0 Å². The van der Waals surface area contributed by atoms with E-state index in [0.29, 0.717) is 37.1 Å². The van der Waals surface area contributed by atoms with E-state index in [1.165, 1.54) is 32.1 Å². The van der Waals surface area contributed by atoms with E-state index < -0.39 is 5.54 Å². The van der Waals surface area contributed by atoms with Gasteiger partial charge in [-0.15, -0.1) is 0 Å². The summed E-state index contributed by atoms with van der Waals surface area (Å²) < 4.78 is 1.59. The van der Waals surface area contributed by atoms with Crippen molar-refractivity contribution < 1.29 is 14.4 Å². The Hall–Kier alpha value is -2.42. The van der Waals surface area contributed by atoms with E-state index >= 15 is 0 Å². The van der Waals surface area contributed by atoms with Crippen LogP contribution in [-0.4, -0.2) is 92.5 Å². The SMILES string of the molecule is CCCN1C(=O)c2cc(C(=O)N3CCN(C4CCCCC4)CC3)nn2C[C@@]1(C)C(=O)NC1CCCC1. The number of carbonyl (C=O) groups excluding carboxylic acids is 3. The van der Waals surface area contributed by atoms with E-state index in [4.69, 9.17) is 0 Å². The summed E-state index contributed by atoms with van der Waals surface area (Å²) in [5, 5.41) is 7.76. The van der Waals surface area contributed by atoms with Crippen molar-refractivity contribution in [1.82, 2.24) is 29.8 Å². The zero-order valence-electron chi connectivity index (χ0n) is 22.0. The molecule has 9 heteroatoms. The lowest BCUT2D eigenvalue weighted by atomic mass is 9.94. The summed E-state index contributed by atoms with van der Waals surface area (Å²) in [6.07, 6.45) is 11.5. The molecule has 5 rings (SSSR count). The van der Waals surface area contributed by atoms with Gasteiger partial charge in [-0.3, -0.25) is 24.0 Å². The van der Waals surface area contributed by atoms with E-state index in [2.05, 4.69) is 15.3 Å². The summed E-state index contributed by atoms with van der Waals surface area (Å²) in [4.78, 5) is 46.5. The molecule has 0 bridgehead atoms. The molecule has 0 radical (unpaired) electrons. The highest BCUT2D eigenvalue weighted by Gasteiger charge is 2.48. The normalized spacial score (nSPS) is 26.3. The van der Waals surface area contributed by atoms with Gasteiger partial charge >= 0.3 is 0 Å². The molecule has 9 nitrogen and oxygen atoms in total. The molecule has 1 N–H and O–H groups in total. The third kappa shape index (κ3) is 4.78. The molecule has 3 heterocycles. The zero-order chi connectivity index (χ0) is 25.3. The Bertz CT molecular complexity index is 972. The van der Waals surface area contributed by atoms with Gasteiger partial charge in [0.2, 0.25) is 5.91 Å². The Morgan fingerprint density at radius 1 is 1.03 bits per heavy atom. The largest absolute Gasteiger partial charge is 0.351 e. The van der Waals surface area contributed by atoms with Gasteiger partial charge in [0, 0.05) is 50.9 Å². The van der Waals surface area contributed by atoms with Crippen molar-refractivity contribution in [3.63, 3.8) is 0 Å². The Labute approximate surface area is 214 Å². The van der Waals surface area contributed by atoms with E-state index in [1.807, 2.05) is 18.7 Å². The first kappa shape index (κ1) is 25.2. The molecule has 1 saturated heterocycles. The molecule has 3 fully saturated rings. The quantitative estimate of drug-likeness (QED) is 0.651. The number of amides is 3. The van der Waals surface area contributed by atoms with Crippen molar-refractivity contribution in [2.75, 3.05) is 32.7 Å². The van der Waals surface area contributed by atoms with Gasteiger partial charge in [0.25, 0.3) is 11.8 Å². The average molecular weight is 499 g/mol. The minimum absolute atomic E-state index is 0.118. The molecular formula is C27H42N6O3. The van der Waals surface area contributed by atoms with Crippen LogP contribution in [0.25, 0.3) is 0 Å². The number of nitrogens with zero attached hydrogens (tertiary/aromatic N) is 5. The van der Waals surface area contributed by atoms with Crippen LogP contribution in [0.2, 0.25) is 0 Å². The first-order valence-electron chi connectivity index (χ1n) is 14.1. The second-order valence-electron chi connectivity index (χ2n) is 11.4. The van der Waals surface area contributed by atoms with E-state index in [1.54, 1.807) is 15.6 Å². The fraction of sp³-hybridized carbons (Fsp3) is 0.778. The molecule has 2 aliphatic heterocycles. The van der Waals surface area contributed by atoms with Crippen molar-refractivity contribution >= 4 is 17.7 Å². The Morgan fingerprint density at radius 3 is 2.36 bits per heavy atom. The topological polar surface area (TPSA) is 90.8 Å². The number of hydrogen-bond donors (Lipinski definition) is 1. The van der Waals surface area contributed by atoms with Crippen LogP contribution in [0.1, 0.15) is 99.0 Å². The number of nitrogens with one attached hydrogen (secondary N) is 1. The highest BCUT2D eigenvalue weighted by molar-refractivity contribution is 6.02. The van der Waals surface area contributed by atoms with Crippen molar-refractivity contribution in [1.29, 1.82) is 0 Å². The summed E-state index contributed by atoms with van der Waals surface area (Å²) in [6, 6.07) is 2.47. The molecule has 0 unspecified atom stereocenters. The van der Waals surface area contributed by atoms with Gasteiger partial charge in [-0.25, -0.2) is 0 Å². The zero-order valence-corrected chi connectivity index (χ0v) is 22.0. The van der Waals surface area contributed by atoms with Gasteiger partial charge in [0.15, 0.2) is 5.69 Å². The lowest BCUT2D eigenvalue weighted by Crippen LogP contribution is -2.65. The van der Waals surface area contributed by atoms with Gasteiger partial charge in [-0.2, -0.15) is 5.10 Å². The van der Waals surface area contributed by atoms with Crippen molar-refractivity contribution in [2.24, 2.45) is 0 Å². The van der Waals surface area contributed by atoms with Crippen LogP contribution < -0.4 is 5.32 Å². The number of fused-ring (bicyclic) bond motifs is 1. The summed E-state index contributed by atoms with van der Waals surface area (Å²) >= 11 is 0. The molecule has 36 heavy (non-hydrogen) atoms. The lowest BCUT2D eigenvalue weighted by molar-refractivity contribution is -0.133. The third-order valence-corrected chi connectivity index (χ3v) is 8.84. The van der Waals surface area contributed by atoms with Gasteiger partial charge in [0.1, 0.15) is 11.2 Å². The Morgan fingerprint density at radius 2 is 1.69 bits per heavy atom. The lowest BCUT2D eigenvalue weighted by Gasteiger charge is -2.43. The molecule has 2 aliphatic carbocycles. The first-order valence-corrected chi connectivity index (χ1v) is 14.1. The van der Waals surface area contributed by atoms with Crippen LogP contribution in [0.5, 0.6) is 0 Å². The molecule has 4 aliphatic rings. The fourth-order valence-electron chi connectivity index (χ4n) is 6.63. The summed E-state index contributed by atoms with van der Waals surface area (Å²) in [6.45, 7) is 7.77. The van der Waals surface area contributed by atoms with E-state index in [9.17, 15) is 14.4 Å². The number of rotatable bonds is 6. The number of hydrogen-bond acceptors (Lipinski definition) is 5. The molecule has 1 atom stereocenters. The van der Waals surface area contributed by atoms with Crippen LogP contribution in [0.15, 0.2) is 6.07 Å². The molecule has 3 amide bonds. The second kappa shape index (κ2) is 10.5. The van der Waals surface area contributed by atoms with Crippen LogP contribution in [0.4, 0.5) is 0 Å². The predicted octanol–water partition coefficient (Wildman–Crippen LogP) is 2.66. The van der Waals surface area contributed by atoms with Gasteiger partial charge < -0.3 is 15.1 Å². The first-order chi connectivity index (χ1) is 17.4. The van der Waals surface area contributed by atoms with Gasteiger partial charge in [0.05, 0.1) is 6.54 Å². The molecule has 0 spiro atoms. The highest BCUT2D eigenvalue weighted by atomic mass is 16.2. The molecular weight excluding hydrogens is 456 g/mol. The highest BCUT2D eigenvalue weighted by Crippen LogP contribution is 2.30. The minimum atomic E-state index is -1.03. The number of carbonyl (C=O) groups is 3. The molecule has 0 aromatic carbocycles. The monoisotopic (exact) mass is 498 g/mol. The maximum absolute atomic E-state index is 13.5. The fourth-order valence-corrected chi connectivity index (χ4v) is 6.63. The molecule has 1 aromatic heterocycles. The van der Waals surface area contributed by atoms with Crippen LogP contribution in [0, 0.1) is 0 Å². The van der Waals surface area contributed by atoms with Crippen molar-refractivity contribution in [2.45, 2.75) is 102 Å². The Kier molecular flexibility index (Phi) is 7.37. The smallest absolute Gasteiger partial charge is 0.274 e. The summed E-state index contributed by atoms with van der Waals surface area (Å²) in [5.74, 6) is -0.461. The van der Waals surface area contributed by atoms with E-state index in [-0.39, 0.29) is 30.3 Å². The van der Waals surface area contributed by atoms with Gasteiger partial charge in [-0.05, 0) is 39.0 Å². The number of piperazine rings is 1.